The van der Waals surface area contributed by atoms with Gasteiger partial charge in [-0.2, -0.15) is 0 Å². The zero-order valence-electron chi connectivity index (χ0n) is 63.5. The summed E-state index contributed by atoms with van der Waals surface area (Å²) in [6, 6.07) is -4.45. The monoisotopic (exact) mass is 1580 g/mol. The summed E-state index contributed by atoms with van der Waals surface area (Å²) in [5.74, 6) is -10.5. The number of nitrogens with zero attached hydrogens (tertiary/aromatic N) is 5. The number of benzene rings is 1. The molecule has 11 unspecified atom stereocenters. The van der Waals surface area contributed by atoms with Crippen LogP contribution in [-0.2, 0) is 79.9 Å². The highest BCUT2D eigenvalue weighted by Crippen LogP contribution is 2.25. The van der Waals surface area contributed by atoms with Crippen LogP contribution >= 0.6 is 21.6 Å². The number of ether oxygens (including phenoxy) is 1. The summed E-state index contributed by atoms with van der Waals surface area (Å²) in [5.41, 5.74) is 29.4. The lowest BCUT2D eigenvalue weighted by Gasteiger charge is -2.31. The Morgan fingerprint density at radius 3 is 1.99 bits per heavy atom. The molecule has 2 aromatic rings. The molecule has 39 heteroatoms. The molecule has 110 heavy (non-hydrogen) atoms. The number of aliphatic imine (C=N–C) groups is 2. The number of carboxylic acid groups (broad SMARTS) is 1. The summed E-state index contributed by atoms with van der Waals surface area (Å²) >= 11 is 0. The number of likely N-dealkylation sites (tertiary alicyclic amines) is 1. The quantitative estimate of drug-likeness (QED) is 0.0107. The molecule has 3 fully saturated rings. The van der Waals surface area contributed by atoms with Gasteiger partial charge < -0.3 is 106 Å². The average molecular weight is 1580 g/mol. The highest BCUT2D eigenvalue weighted by atomic mass is 33.1. The van der Waals surface area contributed by atoms with E-state index in [-0.39, 0.29) is 158 Å². The van der Waals surface area contributed by atoms with E-state index in [1.807, 2.05) is 19.9 Å². The van der Waals surface area contributed by atoms with Crippen LogP contribution in [0, 0.1) is 5.92 Å². The van der Waals surface area contributed by atoms with Gasteiger partial charge in [-0.15, -0.1) is 0 Å². The molecule has 3 saturated heterocycles. The molecule has 5 rings (SSSR count). The maximum atomic E-state index is 15.2. The number of rotatable bonds is 40. The van der Waals surface area contributed by atoms with E-state index in [1.165, 1.54) is 22.3 Å². The van der Waals surface area contributed by atoms with Gasteiger partial charge in [-0.1, -0.05) is 105 Å². The first-order chi connectivity index (χ1) is 52.7. The predicted octanol–water partition coefficient (Wildman–Crippen LogP) is -2.64. The maximum absolute atomic E-state index is 15.2. The van der Waals surface area contributed by atoms with Crippen molar-refractivity contribution < 1.29 is 72.2 Å². The SMILES string of the molecule is CCCCCC1NC(=O)CN(CCCC)C(=O)CNC(=O)C(CCCCN)NC(=O)C(Cc2cnc[nH]2)NC(=O)C(NC(=O)C(CC(C)C)NC(=O)C(CCCN=C(N)N)NC(=O)C2CCCN2C(=O)C(CCCN=C(N)N)NC(=O)C2CCC(=O)N2)CSSCC(COCNC(Cc2ccccc2)C(=O)O)NC1=O. The largest absolute Gasteiger partial charge is 0.480 e. The van der Waals surface area contributed by atoms with Crippen LogP contribution in [0.3, 0.4) is 0 Å². The molecule has 612 valence electrons. The third kappa shape index (κ3) is 33.5. The number of imidazole rings is 1. The van der Waals surface area contributed by atoms with Crippen LogP contribution in [0.15, 0.2) is 52.8 Å². The van der Waals surface area contributed by atoms with Crippen LogP contribution in [-0.4, -0.2) is 251 Å². The van der Waals surface area contributed by atoms with Gasteiger partial charge in [0.05, 0.1) is 38.8 Å². The number of carboxylic acids is 1. The Bertz CT molecular complexity index is 3370. The second-order valence-electron chi connectivity index (χ2n) is 27.9. The van der Waals surface area contributed by atoms with Crippen LogP contribution in [0.4, 0.5) is 0 Å². The molecule has 1 aromatic carbocycles. The van der Waals surface area contributed by atoms with Crippen molar-refractivity contribution >= 4 is 110 Å². The molecule has 37 nitrogen and oxygen atoms in total. The van der Waals surface area contributed by atoms with Crippen LogP contribution in [0.5, 0.6) is 0 Å². The molecule has 0 saturated carbocycles. The molecule has 3 aliphatic rings. The molecule has 23 N–H and O–H groups in total. The van der Waals surface area contributed by atoms with E-state index >= 15 is 9.59 Å². The van der Waals surface area contributed by atoms with Gasteiger partial charge in [0.1, 0.15) is 60.4 Å². The fourth-order valence-corrected chi connectivity index (χ4v) is 14.8. The topological polar surface area (TPSA) is 574 Å². The van der Waals surface area contributed by atoms with Gasteiger partial charge in [-0.25, -0.2) is 4.98 Å². The number of hydrogen-bond donors (Lipinski definition) is 18. The Hall–Kier alpha value is -9.34. The van der Waals surface area contributed by atoms with E-state index in [2.05, 4.69) is 78.4 Å². The summed E-state index contributed by atoms with van der Waals surface area (Å²) in [4.78, 5) is 202. The van der Waals surface area contributed by atoms with Crippen molar-refractivity contribution in [3.05, 3.63) is 54.1 Å². The highest BCUT2D eigenvalue weighted by Gasteiger charge is 2.41. The lowest BCUT2D eigenvalue weighted by molar-refractivity contribution is -0.142. The Balaban J connectivity index is 1.52. The number of aromatic nitrogens is 2. The average Bonchev–Trinajstić information content (AvgIpc) is 1.64. The van der Waals surface area contributed by atoms with Crippen molar-refractivity contribution in [2.45, 2.75) is 223 Å². The third-order valence-electron chi connectivity index (χ3n) is 18.3. The van der Waals surface area contributed by atoms with E-state index in [9.17, 15) is 57.8 Å². The number of hydrogen-bond acceptors (Lipinski definition) is 21. The number of nitrogens with one attached hydrogen (secondary N) is 12. The molecule has 0 bridgehead atoms. The first-order valence-electron chi connectivity index (χ1n) is 37.9. The molecule has 4 heterocycles. The first-order valence-corrected chi connectivity index (χ1v) is 40.4. The smallest absolute Gasteiger partial charge is 0.321 e. The van der Waals surface area contributed by atoms with Crippen LogP contribution in [0.2, 0.25) is 0 Å². The first kappa shape index (κ1) is 91.3. The number of aromatic amines is 1. The van der Waals surface area contributed by atoms with E-state index in [0.29, 0.717) is 50.6 Å². The minimum atomic E-state index is -1.54. The number of aliphatic carboxylic acids is 1. The number of carbonyl (C=O) groups excluding carboxylic acids is 12. The summed E-state index contributed by atoms with van der Waals surface area (Å²) < 4.78 is 6.05. The predicted molar refractivity (Wildman–Crippen MR) is 415 cm³/mol. The van der Waals surface area contributed by atoms with Gasteiger partial charge in [-0.05, 0) is 108 Å². The normalized spacial score (nSPS) is 21.1. The van der Waals surface area contributed by atoms with Crippen molar-refractivity contribution in [3.8, 4) is 0 Å². The fraction of sp³-hybridized carbons (Fsp3) is 0.662. The Morgan fingerprint density at radius 1 is 0.700 bits per heavy atom. The van der Waals surface area contributed by atoms with Gasteiger partial charge in [0.15, 0.2) is 11.9 Å². The Kier molecular flexibility index (Phi) is 41.3. The molecule has 0 radical (unpaired) electrons. The van der Waals surface area contributed by atoms with Gasteiger partial charge in [0.25, 0.3) is 0 Å². The van der Waals surface area contributed by atoms with Gasteiger partial charge in [0.2, 0.25) is 70.9 Å². The summed E-state index contributed by atoms with van der Waals surface area (Å²) in [5, 5.41) is 40.8. The van der Waals surface area contributed by atoms with Crippen molar-refractivity contribution in [2.24, 2.45) is 44.6 Å². The number of unbranched alkanes of at least 4 members (excludes halogenated alkanes) is 4. The zero-order chi connectivity index (χ0) is 80.5. The molecular weight excluding hydrogens is 1470 g/mol. The number of H-pyrrole nitrogens is 1. The lowest BCUT2D eigenvalue weighted by Crippen LogP contribution is -2.61. The molecule has 1 aromatic heterocycles. The van der Waals surface area contributed by atoms with Crippen LogP contribution < -0.4 is 87.2 Å². The maximum Gasteiger partial charge on any atom is 0.321 e. The minimum absolute atomic E-state index is 0.0131. The second kappa shape index (κ2) is 49.7. The number of guanidine groups is 2. The van der Waals surface area contributed by atoms with Gasteiger partial charge in [0, 0.05) is 62.4 Å². The van der Waals surface area contributed by atoms with Crippen molar-refractivity contribution in [1.82, 2.24) is 78.3 Å². The lowest BCUT2D eigenvalue weighted by atomic mass is 10.0. The molecule has 11 atom stereocenters. The van der Waals surface area contributed by atoms with Gasteiger partial charge in [-0.3, -0.25) is 77.6 Å². The summed E-state index contributed by atoms with van der Waals surface area (Å²) in [7, 11) is 2.21. The zero-order valence-corrected chi connectivity index (χ0v) is 65.1. The summed E-state index contributed by atoms with van der Waals surface area (Å²) in [6.07, 6.45) is 7.96. The van der Waals surface area contributed by atoms with E-state index < -0.39 is 150 Å². The standard InChI is InChI=1S/C71H116N22O15S2/c1-5-7-10-20-48-61(98)83-46(38-108-42-82-54(69(106)107)33-44-18-11-9-12-19-44)39-109-110-40-55(66(103)90-53(34-45-35-77-41-81-45)65(102)86-47(21-13-14-27-72)60(97)80-36-59(96)92(30-8-6-2)37-58(95)85-48)91-64(101)52(32-43(3)4)89-62(99)49(22-15-28-78-70(73)74)87-67(104)56-24-17-31-93(56)68(105)51(23-16-29-79-71(75)76)88-63(100)50-25-26-57(94)84-50/h9,11-12,18-19,35,41,43,46-56,82H,5-8,10,13-17,20-34,36-40,42,72H2,1-4H3,(H,77,81)(H,80,97)(H,83,98)(H,84,94)(H,85,95)(H,86,102)(H,87,104)(H,88,100)(H,89,99)(H,90,103)(H,91,101)(H,106,107)(H4,73,74,78)(H4,75,76,79). The van der Waals surface area contributed by atoms with Crippen molar-refractivity contribution in [1.29, 1.82) is 0 Å². The molecule has 0 spiro atoms. The van der Waals surface area contributed by atoms with Crippen molar-refractivity contribution in [2.75, 3.05) is 70.7 Å². The molecule has 3 aliphatic heterocycles. The highest BCUT2D eigenvalue weighted by molar-refractivity contribution is 8.76. The van der Waals surface area contributed by atoms with E-state index in [1.54, 1.807) is 38.1 Å². The van der Waals surface area contributed by atoms with E-state index in [4.69, 9.17) is 33.4 Å². The molecule has 0 aliphatic carbocycles. The van der Waals surface area contributed by atoms with Crippen molar-refractivity contribution in [3.63, 3.8) is 0 Å². The molecule has 12 amide bonds. The third-order valence-corrected chi connectivity index (χ3v) is 20.8. The fourth-order valence-electron chi connectivity index (χ4n) is 12.4. The van der Waals surface area contributed by atoms with Crippen LogP contribution in [0.1, 0.15) is 155 Å². The number of carbonyl (C=O) groups is 13. The number of amides is 12. The summed E-state index contributed by atoms with van der Waals surface area (Å²) in [6.45, 7) is 6.49. The minimum Gasteiger partial charge on any atom is -0.480 e. The van der Waals surface area contributed by atoms with Crippen LogP contribution in [0.25, 0.3) is 0 Å². The van der Waals surface area contributed by atoms with Gasteiger partial charge >= 0.3 is 5.97 Å². The Labute approximate surface area is 649 Å². The molecular formula is C71H116N22O15S2. The second-order valence-corrected chi connectivity index (χ2v) is 30.4. The van der Waals surface area contributed by atoms with E-state index in [0.717, 1.165) is 33.6 Å². The Morgan fingerprint density at radius 2 is 1.35 bits per heavy atom. The number of nitrogens with two attached hydrogens (primary N) is 5.